The van der Waals surface area contributed by atoms with Gasteiger partial charge >= 0.3 is 0 Å². The smallest absolute Gasteiger partial charge is 0.0980 e. The van der Waals surface area contributed by atoms with Crippen LogP contribution in [0.4, 0.5) is 0 Å². The van der Waals surface area contributed by atoms with Gasteiger partial charge in [0, 0.05) is 11.0 Å². The molecule has 1 saturated heterocycles. The van der Waals surface area contributed by atoms with Gasteiger partial charge in [0.1, 0.15) is 0 Å². The highest BCUT2D eigenvalue weighted by Gasteiger charge is 2.21. The van der Waals surface area contributed by atoms with Crippen molar-refractivity contribution in [1.29, 1.82) is 5.26 Å². The Balaban J connectivity index is 2.05. The molecule has 1 heterocycles. The van der Waals surface area contributed by atoms with Gasteiger partial charge in [0.15, 0.2) is 0 Å². The lowest BCUT2D eigenvalue weighted by Crippen LogP contribution is -2.37. The van der Waals surface area contributed by atoms with Crippen LogP contribution in [0.25, 0.3) is 0 Å². The predicted molar refractivity (Wildman–Crippen MR) is 67.8 cm³/mol. The summed E-state index contributed by atoms with van der Waals surface area (Å²) < 4.78 is 1.11. The van der Waals surface area contributed by atoms with Crippen molar-refractivity contribution in [3.8, 4) is 6.07 Å². The standard InChI is InChI=1S/C13H15BrN2/c14-12-5-3-4-11(8-12)10-16-7-2-1-6-13(16)9-15/h3-5,8,13H,1-2,6-7,10H2. The van der Waals surface area contributed by atoms with Crippen molar-refractivity contribution >= 4 is 15.9 Å². The van der Waals surface area contributed by atoms with Gasteiger partial charge in [-0.25, -0.2) is 0 Å². The molecule has 16 heavy (non-hydrogen) atoms. The number of hydrogen-bond acceptors (Lipinski definition) is 2. The predicted octanol–water partition coefficient (Wildman–Crippen LogP) is 3.33. The van der Waals surface area contributed by atoms with Crippen molar-refractivity contribution in [3.05, 3.63) is 34.3 Å². The average Bonchev–Trinajstić information content (AvgIpc) is 2.30. The first kappa shape index (κ1) is 11.6. The van der Waals surface area contributed by atoms with Crippen molar-refractivity contribution in [1.82, 2.24) is 4.90 Å². The molecule has 1 aromatic rings. The lowest BCUT2D eigenvalue weighted by Gasteiger charge is -2.31. The van der Waals surface area contributed by atoms with Crippen LogP contribution in [0.1, 0.15) is 24.8 Å². The molecule has 0 radical (unpaired) electrons. The van der Waals surface area contributed by atoms with Crippen LogP contribution in [0.5, 0.6) is 0 Å². The minimum absolute atomic E-state index is 0.104. The molecule has 0 aromatic heterocycles. The molecule has 0 amide bonds. The number of rotatable bonds is 2. The topological polar surface area (TPSA) is 27.0 Å². The van der Waals surface area contributed by atoms with Gasteiger partial charge in [-0.2, -0.15) is 5.26 Å². The summed E-state index contributed by atoms with van der Waals surface area (Å²) in [5.74, 6) is 0. The number of likely N-dealkylation sites (tertiary alicyclic amines) is 1. The van der Waals surface area contributed by atoms with Gasteiger partial charge in [-0.1, -0.05) is 28.1 Å². The number of nitrogens with zero attached hydrogens (tertiary/aromatic N) is 2. The molecule has 0 N–H and O–H groups in total. The normalized spacial score (nSPS) is 21.6. The summed E-state index contributed by atoms with van der Waals surface area (Å²) in [4.78, 5) is 2.28. The Kier molecular flexibility index (Phi) is 3.98. The van der Waals surface area contributed by atoms with E-state index in [0.29, 0.717) is 0 Å². The number of halogens is 1. The number of piperidine rings is 1. The second-order valence-electron chi connectivity index (χ2n) is 4.24. The Morgan fingerprint density at radius 1 is 1.44 bits per heavy atom. The summed E-state index contributed by atoms with van der Waals surface area (Å²) in [7, 11) is 0. The van der Waals surface area contributed by atoms with Crippen LogP contribution < -0.4 is 0 Å². The first-order valence-corrected chi connectivity index (χ1v) is 6.47. The maximum absolute atomic E-state index is 9.09. The summed E-state index contributed by atoms with van der Waals surface area (Å²) in [6.07, 6.45) is 3.42. The molecule has 1 atom stereocenters. The third-order valence-corrected chi connectivity index (χ3v) is 3.53. The maximum atomic E-state index is 9.09. The van der Waals surface area contributed by atoms with Crippen molar-refractivity contribution in [2.24, 2.45) is 0 Å². The molecule has 2 nitrogen and oxygen atoms in total. The quantitative estimate of drug-likeness (QED) is 0.830. The fourth-order valence-electron chi connectivity index (χ4n) is 2.20. The van der Waals surface area contributed by atoms with Crippen LogP contribution >= 0.6 is 15.9 Å². The molecule has 1 fully saturated rings. The second-order valence-corrected chi connectivity index (χ2v) is 5.16. The van der Waals surface area contributed by atoms with E-state index in [2.05, 4.69) is 39.0 Å². The van der Waals surface area contributed by atoms with E-state index in [0.717, 1.165) is 24.0 Å². The van der Waals surface area contributed by atoms with E-state index < -0.39 is 0 Å². The van der Waals surface area contributed by atoms with E-state index in [1.807, 2.05) is 12.1 Å². The third kappa shape index (κ3) is 2.84. The molecular weight excluding hydrogens is 264 g/mol. The van der Waals surface area contributed by atoms with Gasteiger partial charge in [-0.3, -0.25) is 4.90 Å². The minimum Gasteiger partial charge on any atom is -0.284 e. The van der Waals surface area contributed by atoms with Gasteiger partial charge in [-0.15, -0.1) is 0 Å². The molecule has 1 aromatic carbocycles. The van der Waals surface area contributed by atoms with Crippen LogP contribution in [-0.2, 0) is 6.54 Å². The zero-order chi connectivity index (χ0) is 11.4. The van der Waals surface area contributed by atoms with Crippen molar-refractivity contribution in [2.45, 2.75) is 31.8 Å². The lowest BCUT2D eigenvalue weighted by atomic mass is 10.0. The zero-order valence-corrected chi connectivity index (χ0v) is 10.8. The monoisotopic (exact) mass is 278 g/mol. The fraction of sp³-hybridized carbons (Fsp3) is 0.462. The summed E-state index contributed by atoms with van der Waals surface area (Å²) in [5.41, 5.74) is 1.27. The molecule has 0 bridgehead atoms. The number of benzene rings is 1. The van der Waals surface area contributed by atoms with Gasteiger partial charge < -0.3 is 0 Å². The Morgan fingerprint density at radius 2 is 2.31 bits per heavy atom. The number of hydrogen-bond donors (Lipinski definition) is 0. The van der Waals surface area contributed by atoms with Crippen molar-refractivity contribution < 1.29 is 0 Å². The first-order chi connectivity index (χ1) is 7.79. The van der Waals surface area contributed by atoms with Gasteiger partial charge in [0.05, 0.1) is 12.1 Å². The molecule has 1 unspecified atom stereocenters. The molecule has 0 spiro atoms. The van der Waals surface area contributed by atoms with Gasteiger partial charge in [0.2, 0.25) is 0 Å². The SMILES string of the molecule is N#CC1CCCCN1Cc1cccc(Br)c1. The third-order valence-electron chi connectivity index (χ3n) is 3.04. The van der Waals surface area contributed by atoms with E-state index >= 15 is 0 Å². The molecular formula is C13H15BrN2. The summed E-state index contributed by atoms with van der Waals surface area (Å²) in [6, 6.07) is 10.8. The van der Waals surface area contributed by atoms with Crippen LogP contribution in [-0.4, -0.2) is 17.5 Å². The van der Waals surface area contributed by atoms with Crippen LogP contribution in [0.15, 0.2) is 28.7 Å². The Bertz CT molecular complexity index is 397. The lowest BCUT2D eigenvalue weighted by molar-refractivity contribution is 0.176. The van der Waals surface area contributed by atoms with E-state index in [1.54, 1.807) is 0 Å². The molecule has 3 heteroatoms. The molecule has 1 aliphatic rings. The molecule has 1 aliphatic heterocycles. The fourth-order valence-corrected chi connectivity index (χ4v) is 2.64. The Hall–Kier alpha value is -0.850. The minimum atomic E-state index is 0.104. The summed E-state index contributed by atoms with van der Waals surface area (Å²) in [5, 5.41) is 9.09. The van der Waals surface area contributed by atoms with E-state index in [-0.39, 0.29) is 6.04 Å². The Morgan fingerprint density at radius 3 is 3.06 bits per heavy atom. The van der Waals surface area contributed by atoms with E-state index in [9.17, 15) is 0 Å². The van der Waals surface area contributed by atoms with Crippen LogP contribution in [0.2, 0.25) is 0 Å². The average molecular weight is 279 g/mol. The maximum Gasteiger partial charge on any atom is 0.0980 e. The van der Waals surface area contributed by atoms with Crippen molar-refractivity contribution in [2.75, 3.05) is 6.54 Å². The highest BCUT2D eigenvalue weighted by Crippen LogP contribution is 2.20. The second kappa shape index (κ2) is 5.47. The molecule has 84 valence electrons. The van der Waals surface area contributed by atoms with Gasteiger partial charge in [0.25, 0.3) is 0 Å². The highest BCUT2D eigenvalue weighted by molar-refractivity contribution is 9.10. The summed E-state index contributed by atoms with van der Waals surface area (Å²) >= 11 is 3.48. The van der Waals surface area contributed by atoms with Crippen LogP contribution in [0.3, 0.4) is 0 Å². The van der Waals surface area contributed by atoms with Crippen molar-refractivity contribution in [3.63, 3.8) is 0 Å². The largest absolute Gasteiger partial charge is 0.284 e. The van der Waals surface area contributed by atoms with Crippen LogP contribution in [0, 0.1) is 11.3 Å². The zero-order valence-electron chi connectivity index (χ0n) is 9.19. The van der Waals surface area contributed by atoms with Gasteiger partial charge in [-0.05, 0) is 43.5 Å². The van der Waals surface area contributed by atoms with E-state index in [4.69, 9.17) is 5.26 Å². The molecule has 0 aliphatic carbocycles. The highest BCUT2D eigenvalue weighted by atomic mass is 79.9. The first-order valence-electron chi connectivity index (χ1n) is 5.68. The molecule has 2 rings (SSSR count). The number of nitriles is 1. The summed E-state index contributed by atoms with van der Waals surface area (Å²) in [6.45, 7) is 1.93. The molecule has 0 saturated carbocycles. The Labute approximate surface area is 105 Å². The van der Waals surface area contributed by atoms with E-state index in [1.165, 1.54) is 18.4 Å².